The Morgan fingerprint density at radius 3 is 2.84 bits per heavy atom. The van der Waals surface area contributed by atoms with E-state index in [1.54, 1.807) is 12.4 Å². The number of benzene rings is 1. The molecule has 5 nitrogen and oxygen atoms in total. The van der Waals surface area contributed by atoms with Crippen LogP contribution in [-0.2, 0) is 0 Å². The second-order valence-corrected chi connectivity index (χ2v) is 9.00. The van der Waals surface area contributed by atoms with Gasteiger partial charge in [0, 0.05) is 23.0 Å². The van der Waals surface area contributed by atoms with Gasteiger partial charge >= 0.3 is 0 Å². The number of thiazole rings is 1. The molecule has 5 rings (SSSR count). The van der Waals surface area contributed by atoms with Crippen LogP contribution in [0.4, 0.5) is 14.5 Å². The van der Waals surface area contributed by atoms with Crippen molar-refractivity contribution in [1.29, 1.82) is 0 Å². The third-order valence-corrected chi connectivity index (χ3v) is 7.07. The van der Waals surface area contributed by atoms with Crippen molar-refractivity contribution in [3.05, 3.63) is 89.2 Å². The zero-order valence-corrected chi connectivity index (χ0v) is 17.8. The Morgan fingerprint density at radius 1 is 1.31 bits per heavy atom. The minimum absolute atomic E-state index is 0.0415. The summed E-state index contributed by atoms with van der Waals surface area (Å²) in [6.45, 7) is 3.96. The van der Waals surface area contributed by atoms with Gasteiger partial charge in [-0.1, -0.05) is 18.2 Å². The number of hydrogen-bond acceptors (Lipinski definition) is 5. The fourth-order valence-corrected chi connectivity index (χ4v) is 5.39. The van der Waals surface area contributed by atoms with Crippen LogP contribution in [0.15, 0.2) is 66.3 Å². The van der Waals surface area contributed by atoms with Gasteiger partial charge < -0.3 is 11.1 Å². The van der Waals surface area contributed by atoms with Crippen molar-refractivity contribution >= 4 is 22.9 Å². The van der Waals surface area contributed by atoms with Crippen LogP contribution in [0.3, 0.4) is 0 Å². The van der Waals surface area contributed by atoms with Crippen LogP contribution in [0.5, 0.6) is 0 Å². The van der Waals surface area contributed by atoms with Gasteiger partial charge in [0.25, 0.3) is 5.91 Å². The van der Waals surface area contributed by atoms with E-state index >= 15 is 0 Å². The maximum absolute atomic E-state index is 14.1. The zero-order valence-electron chi connectivity index (χ0n) is 17.0. The second-order valence-electron chi connectivity index (χ2n) is 8.14. The number of nitrogens with zero attached hydrogens (tertiary/aromatic N) is 2. The molecular formula is C24H20F2N4OS. The summed E-state index contributed by atoms with van der Waals surface area (Å²) in [6.07, 6.45) is 9.00. The van der Waals surface area contributed by atoms with E-state index in [1.165, 1.54) is 17.0 Å². The van der Waals surface area contributed by atoms with E-state index in [0.717, 1.165) is 41.9 Å². The molecule has 2 aliphatic carbocycles. The quantitative estimate of drug-likeness (QED) is 0.533. The maximum Gasteiger partial charge on any atom is 0.275 e. The molecule has 1 fully saturated rings. The van der Waals surface area contributed by atoms with Gasteiger partial charge in [-0.25, -0.2) is 13.8 Å². The third kappa shape index (κ3) is 3.45. The summed E-state index contributed by atoms with van der Waals surface area (Å²) in [5.41, 5.74) is 8.81. The summed E-state index contributed by atoms with van der Waals surface area (Å²) in [4.78, 5) is 21.2. The first-order chi connectivity index (χ1) is 15.4. The van der Waals surface area contributed by atoms with Crippen LogP contribution >= 0.6 is 11.3 Å². The maximum atomic E-state index is 14.1. The number of carbonyl (C=O) groups excluding carboxylic acids is 1. The van der Waals surface area contributed by atoms with E-state index in [0.29, 0.717) is 5.69 Å². The molecule has 2 aromatic heterocycles. The summed E-state index contributed by atoms with van der Waals surface area (Å²) < 4.78 is 28.2. The van der Waals surface area contributed by atoms with E-state index < -0.39 is 17.5 Å². The predicted octanol–water partition coefficient (Wildman–Crippen LogP) is 5.05. The normalized spacial score (nSPS) is 23.8. The van der Waals surface area contributed by atoms with Crippen molar-refractivity contribution in [2.75, 3.05) is 5.32 Å². The number of nitrogens with two attached hydrogens (primary N) is 1. The number of anilines is 1. The number of aromatic nitrogens is 2. The van der Waals surface area contributed by atoms with E-state index in [-0.39, 0.29) is 33.6 Å². The standard InChI is InChI=1S/C24H20F2N4OS/c1-2-24-9-13(8-18(27)15(24)10-24)14-6-7-28-11-19(14)29-22(31)20-12-32-23(30-20)21-16(25)4-3-5-17(21)26/h2-7,10-13,18H,1,8-9,27H2,(H,29,31)/t13-,18+,24?/m0/s1. The molecule has 3 N–H and O–H groups in total. The van der Waals surface area contributed by atoms with E-state index in [1.807, 2.05) is 12.1 Å². The summed E-state index contributed by atoms with van der Waals surface area (Å²) in [6, 6.07) is 5.45. The smallest absolute Gasteiger partial charge is 0.275 e. The lowest BCUT2D eigenvalue weighted by molar-refractivity contribution is 0.102. The van der Waals surface area contributed by atoms with Crippen molar-refractivity contribution < 1.29 is 13.6 Å². The van der Waals surface area contributed by atoms with Gasteiger partial charge in [-0.2, -0.15) is 0 Å². The molecule has 0 spiro atoms. The lowest BCUT2D eigenvalue weighted by atomic mass is 9.74. The van der Waals surface area contributed by atoms with Gasteiger partial charge in [0.05, 0.1) is 17.4 Å². The lowest BCUT2D eigenvalue weighted by Gasteiger charge is -2.32. The molecule has 3 atom stereocenters. The number of fused-ring (bicyclic) bond motifs is 1. The Morgan fingerprint density at radius 2 is 2.09 bits per heavy atom. The first-order valence-corrected chi connectivity index (χ1v) is 11.1. The number of pyridine rings is 1. The molecule has 1 unspecified atom stereocenters. The molecule has 0 bridgehead atoms. The number of halogens is 2. The van der Waals surface area contributed by atoms with Crippen molar-refractivity contribution in [2.24, 2.45) is 11.1 Å². The van der Waals surface area contributed by atoms with E-state index in [9.17, 15) is 13.6 Å². The molecular weight excluding hydrogens is 430 g/mol. The highest BCUT2D eigenvalue weighted by Crippen LogP contribution is 2.58. The van der Waals surface area contributed by atoms with Crippen LogP contribution in [0.2, 0.25) is 0 Å². The first-order valence-electron chi connectivity index (χ1n) is 10.2. The number of carbonyl (C=O) groups is 1. The van der Waals surface area contributed by atoms with Crippen LogP contribution in [0.25, 0.3) is 10.6 Å². The second kappa shape index (κ2) is 7.72. The minimum atomic E-state index is -0.723. The molecule has 0 saturated heterocycles. The summed E-state index contributed by atoms with van der Waals surface area (Å²) in [5.74, 6) is -1.79. The predicted molar refractivity (Wildman–Crippen MR) is 120 cm³/mol. The Labute approximate surface area is 187 Å². The molecule has 162 valence electrons. The van der Waals surface area contributed by atoms with Crippen LogP contribution in [0.1, 0.15) is 34.8 Å². The third-order valence-electron chi connectivity index (χ3n) is 6.21. The highest BCUT2D eigenvalue weighted by Gasteiger charge is 2.50. The van der Waals surface area contributed by atoms with Crippen molar-refractivity contribution in [2.45, 2.75) is 24.8 Å². The molecule has 2 heterocycles. The summed E-state index contributed by atoms with van der Waals surface area (Å²) in [5, 5.41) is 4.45. The van der Waals surface area contributed by atoms with Gasteiger partial charge in [-0.15, -0.1) is 17.9 Å². The Hall–Kier alpha value is -3.23. The Bertz CT molecular complexity index is 1250. The van der Waals surface area contributed by atoms with Gasteiger partial charge in [0.15, 0.2) is 0 Å². The number of amides is 1. The van der Waals surface area contributed by atoms with E-state index in [2.05, 4.69) is 27.9 Å². The van der Waals surface area contributed by atoms with Crippen LogP contribution < -0.4 is 11.1 Å². The van der Waals surface area contributed by atoms with Gasteiger partial charge in [-0.3, -0.25) is 9.78 Å². The van der Waals surface area contributed by atoms with Gasteiger partial charge in [-0.05, 0) is 48.1 Å². The molecule has 2 aliphatic rings. The monoisotopic (exact) mass is 450 g/mol. The fourth-order valence-electron chi connectivity index (χ4n) is 4.54. The minimum Gasteiger partial charge on any atom is -0.324 e. The number of allylic oxidation sites excluding steroid dienone is 2. The van der Waals surface area contributed by atoms with Gasteiger partial charge in [0.1, 0.15) is 22.3 Å². The molecule has 0 radical (unpaired) electrons. The van der Waals surface area contributed by atoms with Crippen molar-refractivity contribution in [3.63, 3.8) is 0 Å². The molecule has 0 aliphatic heterocycles. The average Bonchev–Trinajstić information content (AvgIpc) is 3.33. The summed E-state index contributed by atoms with van der Waals surface area (Å²) >= 11 is 1.01. The Balaban J connectivity index is 1.39. The number of hydrogen-bond donors (Lipinski definition) is 2. The molecule has 32 heavy (non-hydrogen) atoms. The number of rotatable bonds is 5. The molecule has 1 amide bonds. The highest BCUT2D eigenvalue weighted by atomic mass is 32.1. The summed E-state index contributed by atoms with van der Waals surface area (Å²) in [7, 11) is 0. The Kier molecular flexibility index (Phi) is 4.98. The van der Waals surface area contributed by atoms with E-state index in [4.69, 9.17) is 5.73 Å². The average molecular weight is 451 g/mol. The SMILES string of the molecule is C=CC12C=C1[C@H](N)C[C@H](c1ccncc1NC(=O)c1csc(-c3c(F)cccc3F)n1)C2. The zero-order chi connectivity index (χ0) is 22.5. The van der Waals surface area contributed by atoms with Crippen LogP contribution in [-0.4, -0.2) is 21.9 Å². The molecule has 3 aromatic rings. The largest absolute Gasteiger partial charge is 0.324 e. The molecule has 8 heteroatoms. The van der Waals surface area contributed by atoms with Crippen molar-refractivity contribution in [3.8, 4) is 10.6 Å². The lowest BCUT2D eigenvalue weighted by Crippen LogP contribution is -2.32. The number of nitrogens with one attached hydrogen (secondary N) is 1. The van der Waals surface area contributed by atoms with Gasteiger partial charge in [0.2, 0.25) is 0 Å². The highest BCUT2D eigenvalue weighted by molar-refractivity contribution is 7.13. The first kappa shape index (κ1) is 20.7. The van der Waals surface area contributed by atoms with Crippen LogP contribution in [0, 0.1) is 17.0 Å². The molecule has 1 saturated carbocycles. The molecule has 1 aromatic carbocycles. The van der Waals surface area contributed by atoms with Crippen molar-refractivity contribution in [1.82, 2.24) is 9.97 Å². The topological polar surface area (TPSA) is 80.9 Å². The fraction of sp³-hybridized carbons (Fsp3) is 0.208.